The molecule has 0 aromatic heterocycles. The molecule has 1 aliphatic rings. The summed E-state index contributed by atoms with van der Waals surface area (Å²) in [6, 6.07) is 7.88. The number of phenolic OH excluding ortho intramolecular Hbond substituents is 1. The molecule has 3 rings (SSSR count). The van der Waals surface area contributed by atoms with Crippen LogP contribution >= 0.6 is 11.6 Å². The van der Waals surface area contributed by atoms with Crippen molar-refractivity contribution in [2.45, 2.75) is 32.3 Å². The molecular weight excluding hydrogens is 414 g/mol. The number of nitro benzene ring substituents is 1. The molecular formula is C20H20ClN3O6. The standard InChI is InChI=1S/C20H20ClN3O6/c1-20(2,3)12-4-5-15-16(7-12)30-17(10-29-15)19(26)23-22-9-11-6-13(21)8-14(18(11)25)24(27)28/h4-9,17,25H,10H2,1-3H3,(H,23,26)/b22-9+/t17-/m0/s1. The van der Waals surface area contributed by atoms with Gasteiger partial charge >= 0.3 is 5.69 Å². The van der Waals surface area contributed by atoms with Gasteiger partial charge in [0.25, 0.3) is 5.91 Å². The number of aromatic hydroxyl groups is 1. The van der Waals surface area contributed by atoms with Gasteiger partial charge < -0.3 is 14.6 Å². The van der Waals surface area contributed by atoms with E-state index in [0.29, 0.717) is 11.5 Å². The average molecular weight is 434 g/mol. The Hall–Kier alpha value is -3.33. The van der Waals surface area contributed by atoms with Crippen molar-refractivity contribution in [1.82, 2.24) is 5.43 Å². The van der Waals surface area contributed by atoms with Crippen molar-refractivity contribution < 1.29 is 24.3 Å². The SMILES string of the molecule is CC(C)(C)c1ccc2c(c1)O[C@H](C(=O)N/N=C/c1cc(Cl)cc([N+](=O)[O-])c1O)CO2. The summed E-state index contributed by atoms with van der Waals surface area (Å²) < 4.78 is 11.4. The zero-order valence-corrected chi connectivity index (χ0v) is 17.3. The third-order valence-corrected chi connectivity index (χ3v) is 4.64. The first-order valence-corrected chi connectivity index (χ1v) is 9.38. The molecule has 1 aliphatic heterocycles. The highest BCUT2D eigenvalue weighted by Gasteiger charge is 2.28. The molecule has 2 N–H and O–H groups in total. The first-order chi connectivity index (χ1) is 14.1. The molecule has 2 aromatic carbocycles. The minimum Gasteiger partial charge on any atom is -0.502 e. The van der Waals surface area contributed by atoms with Crippen LogP contribution in [0.2, 0.25) is 5.02 Å². The minimum atomic E-state index is -0.938. The number of carbonyl (C=O) groups is 1. The number of hydrazone groups is 1. The summed E-state index contributed by atoms with van der Waals surface area (Å²) in [5, 5.41) is 24.7. The number of hydrogen-bond acceptors (Lipinski definition) is 7. The van der Waals surface area contributed by atoms with Crippen LogP contribution in [0.25, 0.3) is 0 Å². The Morgan fingerprint density at radius 3 is 2.73 bits per heavy atom. The highest BCUT2D eigenvalue weighted by molar-refractivity contribution is 6.31. The van der Waals surface area contributed by atoms with E-state index in [9.17, 15) is 20.0 Å². The highest BCUT2D eigenvalue weighted by atomic mass is 35.5. The van der Waals surface area contributed by atoms with Crippen LogP contribution in [0.5, 0.6) is 17.2 Å². The largest absolute Gasteiger partial charge is 0.502 e. The molecule has 0 bridgehead atoms. The lowest BCUT2D eigenvalue weighted by molar-refractivity contribution is -0.385. The Labute approximate surface area is 177 Å². The number of ether oxygens (including phenoxy) is 2. The van der Waals surface area contributed by atoms with E-state index in [4.69, 9.17) is 21.1 Å². The molecule has 9 nitrogen and oxygen atoms in total. The van der Waals surface area contributed by atoms with Gasteiger partial charge in [-0.3, -0.25) is 14.9 Å². The molecule has 1 atom stereocenters. The Balaban J connectivity index is 1.70. The van der Waals surface area contributed by atoms with E-state index >= 15 is 0 Å². The van der Waals surface area contributed by atoms with Crippen molar-refractivity contribution in [2.75, 3.05) is 6.61 Å². The van der Waals surface area contributed by atoms with Crippen molar-refractivity contribution in [1.29, 1.82) is 0 Å². The lowest BCUT2D eigenvalue weighted by atomic mass is 9.87. The van der Waals surface area contributed by atoms with Gasteiger partial charge in [0, 0.05) is 16.7 Å². The third kappa shape index (κ3) is 4.62. The molecule has 1 heterocycles. The fourth-order valence-electron chi connectivity index (χ4n) is 2.75. The number of hydrogen-bond donors (Lipinski definition) is 2. The summed E-state index contributed by atoms with van der Waals surface area (Å²) in [5.41, 5.74) is 2.62. The van der Waals surface area contributed by atoms with Crippen molar-refractivity contribution in [3.63, 3.8) is 0 Å². The predicted molar refractivity (Wildman–Crippen MR) is 111 cm³/mol. The number of benzene rings is 2. The number of carbonyl (C=O) groups excluding carboxylic acids is 1. The second-order valence-corrected chi connectivity index (χ2v) is 8.12. The summed E-state index contributed by atoms with van der Waals surface area (Å²) in [4.78, 5) is 22.6. The van der Waals surface area contributed by atoms with Gasteiger partial charge in [-0.15, -0.1) is 0 Å². The van der Waals surface area contributed by atoms with E-state index in [1.165, 1.54) is 6.07 Å². The van der Waals surface area contributed by atoms with Gasteiger partial charge in [-0.25, -0.2) is 5.43 Å². The lowest BCUT2D eigenvalue weighted by Gasteiger charge is -2.27. The highest BCUT2D eigenvalue weighted by Crippen LogP contribution is 2.36. The molecule has 30 heavy (non-hydrogen) atoms. The zero-order chi connectivity index (χ0) is 22.1. The second kappa shape index (κ2) is 8.19. The normalized spacial score (nSPS) is 15.8. The van der Waals surface area contributed by atoms with E-state index in [1.54, 1.807) is 6.07 Å². The van der Waals surface area contributed by atoms with Crippen molar-refractivity contribution in [3.05, 3.63) is 56.6 Å². The molecule has 1 amide bonds. The van der Waals surface area contributed by atoms with E-state index in [2.05, 4.69) is 31.3 Å². The molecule has 0 saturated carbocycles. The molecule has 10 heteroatoms. The van der Waals surface area contributed by atoms with Gasteiger partial charge in [-0.05, 0) is 29.2 Å². The number of nitro groups is 1. The van der Waals surface area contributed by atoms with E-state index in [1.807, 2.05) is 12.1 Å². The minimum absolute atomic E-state index is 0.00287. The smallest absolute Gasteiger partial charge is 0.312 e. The lowest BCUT2D eigenvalue weighted by Crippen LogP contribution is -2.42. The number of nitrogens with one attached hydrogen (secondary N) is 1. The summed E-state index contributed by atoms with van der Waals surface area (Å²) in [7, 11) is 0. The fourth-order valence-corrected chi connectivity index (χ4v) is 2.97. The molecule has 0 spiro atoms. The number of phenols is 1. The van der Waals surface area contributed by atoms with Crippen LogP contribution in [0, 0.1) is 10.1 Å². The summed E-state index contributed by atoms with van der Waals surface area (Å²) >= 11 is 5.82. The van der Waals surface area contributed by atoms with Crippen molar-refractivity contribution >= 4 is 29.4 Å². The van der Waals surface area contributed by atoms with E-state index < -0.39 is 28.4 Å². The zero-order valence-electron chi connectivity index (χ0n) is 16.5. The number of rotatable bonds is 4. The van der Waals surface area contributed by atoms with Crippen LogP contribution in [0.15, 0.2) is 35.4 Å². The maximum Gasteiger partial charge on any atom is 0.312 e. The molecule has 0 saturated heterocycles. The second-order valence-electron chi connectivity index (χ2n) is 7.68. The maximum absolute atomic E-state index is 12.4. The Morgan fingerprint density at radius 2 is 2.07 bits per heavy atom. The van der Waals surface area contributed by atoms with Gasteiger partial charge in [-0.1, -0.05) is 38.4 Å². The molecule has 0 fully saturated rings. The van der Waals surface area contributed by atoms with Gasteiger partial charge in [-0.2, -0.15) is 5.10 Å². The molecule has 0 aliphatic carbocycles. The average Bonchev–Trinajstić information content (AvgIpc) is 2.68. The fraction of sp³-hybridized carbons (Fsp3) is 0.300. The first-order valence-electron chi connectivity index (χ1n) is 9.00. The Kier molecular flexibility index (Phi) is 5.84. The molecule has 158 valence electrons. The van der Waals surface area contributed by atoms with E-state index in [-0.39, 0.29) is 22.6 Å². The van der Waals surface area contributed by atoms with Crippen LogP contribution in [0.1, 0.15) is 31.9 Å². The molecule has 2 aromatic rings. The van der Waals surface area contributed by atoms with Gasteiger partial charge in [0.05, 0.1) is 11.1 Å². The Morgan fingerprint density at radius 1 is 1.33 bits per heavy atom. The summed E-state index contributed by atoms with van der Waals surface area (Å²) in [6.07, 6.45) is 0.119. The van der Waals surface area contributed by atoms with Crippen molar-refractivity contribution in [3.8, 4) is 17.2 Å². The van der Waals surface area contributed by atoms with Crippen molar-refractivity contribution in [2.24, 2.45) is 5.10 Å². The predicted octanol–water partition coefficient (Wildman–Crippen LogP) is 3.54. The first kappa shape index (κ1) is 21.4. The van der Waals surface area contributed by atoms with Crippen LogP contribution in [0.3, 0.4) is 0 Å². The quantitative estimate of drug-likeness (QED) is 0.432. The summed E-state index contributed by atoms with van der Waals surface area (Å²) in [6.45, 7) is 6.18. The van der Waals surface area contributed by atoms with Crippen LogP contribution in [-0.4, -0.2) is 34.9 Å². The molecule has 0 radical (unpaired) electrons. The Bertz CT molecular complexity index is 1030. The van der Waals surface area contributed by atoms with Crippen LogP contribution in [-0.2, 0) is 10.2 Å². The topological polar surface area (TPSA) is 123 Å². The monoisotopic (exact) mass is 433 g/mol. The van der Waals surface area contributed by atoms with E-state index in [0.717, 1.165) is 17.8 Å². The summed E-state index contributed by atoms with van der Waals surface area (Å²) in [5.74, 6) is -0.176. The number of nitrogens with zero attached hydrogens (tertiary/aromatic N) is 2. The number of halogens is 1. The molecule has 0 unspecified atom stereocenters. The van der Waals surface area contributed by atoms with Gasteiger partial charge in [0.2, 0.25) is 11.9 Å². The van der Waals surface area contributed by atoms with Crippen LogP contribution in [0.4, 0.5) is 5.69 Å². The van der Waals surface area contributed by atoms with Crippen LogP contribution < -0.4 is 14.9 Å². The maximum atomic E-state index is 12.4. The number of amides is 1. The third-order valence-electron chi connectivity index (χ3n) is 4.42. The van der Waals surface area contributed by atoms with Gasteiger partial charge in [0.15, 0.2) is 11.5 Å². The number of fused-ring (bicyclic) bond motifs is 1. The van der Waals surface area contributed by atoms with Gasteiger partial charge in [0.1, 0.15) is 6.61 Å².